The second kappa shape index (κ2) is 5.02. The predicted molar refractivity (Wildman–Crippen MR) is 79.8 cm³/mol. The summed E-state index contributed by atoms with van der Waals surface area (Å²) in [6.45, 7) is 1.74. The van der Waals surface area contributed by atoms with Crippen LogP contribution in [0, 0.1) is 0 Å². The number of aliphatic hydroxyl groups is 1. The maximum Gasteiger partial charge on any atom is 0.115 e. The van der Waals surface area contributed by atoms with Crippen molar-refractivity contribution in [2.24, 2.45) is 0 Å². The third kappa shape index (κ3) is 2.61. The molecule has 0 saturated carbocycles. The molecule has 1 heterocycles. The van der Waals surface area contributed by atoms with Crippen molar-refractivity contribution in [3.63, 3.8) is 0 Å². The van der Waals surface area contributed by atoms with E-state index in [1.54, 1.807) is 13.0 Å². The molecule has 1 nitrogen and oxygen atoms in total. The Balaban J connectivity index is 2.55. The van der Waals surface area contributed by atoms with E-state index in [2.05, 4.69) is 31.9 Å². The monoisotopic (exact) mass is 394 g/mol. The summed E-state index contributed by atoms with van der Waals surface area (Å²) in [5.74, 6) is 0. The molecule has 0 radical (unpaired) electrons. The lowest BCUT2D eigenvalue weighted by Gasteiger charge is -2.25. The lowest BCUT2D eigenvalue weighted by Crippen LogP contribution is -2.23. The first-order chi connectivity index (χ1) is 7.93. The van der Waals surface area contributed by atoms with Crippen LogP contribution in [0.25, 0.3) is 0 Å². The second-order valence-electron chi connectivity index (χ2n) is 3.83. The zero-order valence-corrected chi connectivity index (χ0v) is 13.6. The average molecular weight is 397 g/mol. The van der Waals surface area contributed by atoms with Crippen molar-refractivity contribution in [3.05, 3.63) is 54.1 Å². The highest BCUT2D eigenvalue weighted by Gasteiger charge is 2.30. The van der Waals surface area contributed by atoms with Gasteiger partial charge in [0.15, 0.2) is 0 Å². The number of benzene rings is 1. The van der Waals surface area contributed by atoms with E-state index < -0.39 is 5.60 Å². The van der Waals surface area contributed by atoms with Gasteiger partial charge in [-0.2, -0.15) is 11.3 Å². The van der Waals surface area contributed by atoms with Crippen molar-refractivity contribution in [1.29, 1.82) is 0 Å². The van der Waals surface area contributed by atoms with Gasteiger partial charge in [-0.05, 0) is 40.4 Å². The summed E-state index contributed by atoms with van der Waals surface area (Å²) in [7, 11) is 0. The van der Waals surface area contributed by atoms with Gasteiger partial charge in [-0.25, -0.2) is 0 Å². The Kier molecular flexibility index (Phi) is 4.00. The largest absolute Gasteiger partial charge is 0.381 e. The molecule has 0 bridgehead atoms. The van der Waals surface area contributed by atoms with Crippen LogP contribution in [0.1, 0.15) is 18.1 Å². The maximum atomic E-state index is 10.7. The number of hydrogen-bond acceptors (Lipinski definition) is 2. The van der Waals surface area contributed by atoms with E-state index in [0.717, 1.165) is 14.5 Å². The zero-order valence-electron chi connectivity index (χ0n) is 8.88. The molecule has 1 aromatic carbocycles. The molecule has 1 atom stereocenters. The smallest absolute Gasteiger partial charge is 0.115 e. The van der Waals surface area contributed by atoms with Gasteiger partial charge in [0.05, 0.1) is 0 Å². The van der Waals surface area contributed by atoms with E-state index in [1.165, 1.54) is 11.3 Å². The highest BCUT2D eigenvalue weighted by Crippen LogP contribution is 2.39. The molecule has 1 N–H and O–H groups in total. The van der Waals surface area contributed by atoms with Crippen LogP contribution in [0.4, 0.5) is 0 Å². The summed E-state index contributed by atoms with van der Waals surface area (Å²) in [6.07, 6.45) is 0. The molecule has 2 rings (SSSR count). The van der Waals surface area contributed by atoms with Crippen LogP contribution >= 0.6 is 54.8 Å². The molecule has 90 valence electrons. The minimum Gasteiger partial charge on any atom is -0.381 e. The fourth-order valence-electron chi connectivity index (χ4n) is 1.66. The topological polar surface area (TPSA) is 20.2 Å². The molecule has 0 aliphatic rings. The van der Waals surface area contributed by atoms with E-state index in [1.807, 2.05) is 22.9 Å². The van der Waals surface area contributed by atoms with Crippen molar-refractivity contribution in [2.45, 2.75) is 12.5 Å². The molecule has 5 heteroatoms. The fourth-order valence-corrected chi connectivity index (χ4v) is 4.30. The Hall–Kier alpha value is 0.130. The molecule has 0 fully saturated rings. The van der Waals surface area contributed by atoms with Crippen LogP contribution in [0.2, 0.25) is 5.02 Å². The van der Waals surface area contributed by atoms with Crippen molar-refractivity contribution in [2.75, 3.05) is 0 Å². The Morgan fingerprint density at radius 1 is 1.24 bits per heavy atom. The van der Waals surface area contributed by atoms with Gasteiger partial charge in [0, 0.05) is 30.5 Å². The number of thiophene rings is 1. The maximum absolute atomic E-state index is 10.7. The second-order valence-corrected chi connectivity index (χ2v) is 6.75. The van der Waals surface area contributed by atoms with Crippen LogP contribution in [0.15, 0.2) is 37.9 Å². The first kappa shape index (κ1) is 13.6. The molecule has 0 saturated heterocycles. The van der Waals surface area contributed by atoms with Crippen LogP contribution in [0.5, 0.6) is 0 Å². The van der Waals surface area contributed by atoms with Gasteiger partial charge >= 0.3 is 0 Å². The minimum atomic E-state index is -1.10. The minimum absolute atomic E-state index is 0.544. The van der Waals surface area contributed by atoms with Crippen LogP contribution in [0.3, 0.4) is 0 Å². The summed E-state index contributed by atoms with van der Waals surface area (Å²) in [5, 5.41) is 15.1. The van der Waals surface area contributed by atoms with E-state index in [-0.39, 0.29) is 0 Å². The van der Waals surface area contributed by atoms with Gasteiger partial charge in [-0.3, -0.25) is 0 Å². The van der Waals surface area contributed by atoms with E-state index in [9.17, 15) is 5.11 Å². The standard InChI is InChI=1S/C12H9Br2ClOS/c1-12(16,9-5-17-6-10(9)14)8-3-2-7(13)4-11(8)15/h2-6,16H,1H3. The van der Waals surface area contributed by atoms with E-state index >= 15 is 0 Å². The SMILES string of the molecule is CC(O)(c1ccc(Br)cc1Cl)c1cscc1Br. The van der Waals surface area contributed by atoms with Crippen molar-refractivity contribution >= 4 is 54.8 Å². The Morgan fingerprint density at radius 2 is 1.94 bits per heavy atom. The molecule has 2 aromatic rings. The Morgan fingerprint density at radius 3 is 2.47 bits per heavy atom. The first-order valence-corrected chi connectivity index (χ1v) is 7.73. The van der Waals surface area contributed by atoms with Crippen molar-refractivity contribution < 1.29 is 5.11 Å². The molecule has 1 aromatic heterocycles. The Bertz CT molecular complexity index is 551. The van der Waals surface area contributed by atoms with Gasteiger partial charge in [-0.1, -0.05) is 33.6 Å². The van der Waals surface area contributed by atoms with Crippen LogP contribution in [-0.2, 0) is 5.60 Å². The average Bonchev–Trinajstić information content (AvgIpc) is 2.64. The van der Waals surface area contributed by atoms with E-state index in [4.69, 9.17) is 11.6 Å². The summed E-state index contributed by atoms with van der Waals surface area (Å²) in [5.41, 5.74) is 0.421. The molecule has 0 aliphatic carbocycles. The molecular weight excluding hydrogens is 387 g/mol. The number of hydrogen-bond donors (Lipinski definition) is 1. The summed E-state index contributed by atoms with van der Waals surface area (Å²) in [6, 6.07) is 5.48. The summed E-state index contributed by atoms with van der Waals surface area (Å²) < 4.78 is 1.79. The van der Waals surface area contributed by atoms with E-state index in [0.29, 0.717) is 10.6 Å². The highest BCUT2D eigenvalue weighted by atomic mass is 79.9. The van der Waals surface area contributed by atoms with Crippen molar-refractivity contribution in [1.82, 2.24) is 0 Å². The normalized spacial score (nSPS) is 14.6. The predicted octanol–water partition coefficient (Wildman–Crippen LogP) is 5.18. The highest BCUT2D eigenvalue weighted by molar-refractivity contribution is 9.10. The molecule has 0 amide bonds. The third-order valence-electron chi connectivity index (χ3n) is 2.59. The number of halogens is 3. The molecule has 0 aliphatic heterocycles. The van der Waals surface area contributed by atoms with Gasteiger partial charge < -0.3 is 5.11 Å². The molecule has 17 heavy (non-hydrogen) atoms. The quantitative estimate of drug-likeness (QED) is 0.741. The lowest BCUT2D eigenvalue weighted by molar-refractivity contribution is 0.102. The summed E-state index contributed by atoms with van der Waals surface area (Å²) in [4.78, 5) is 0. The third-order valence-corrected chi connectivity index (χ3v) is 5.10. The lowest BCUT2D eigenvalue weighted by atomic mass is 9.90. The molecular formula is C12H9Br2ClOS. The fraction of sp³-hybridized carbons (Fsp3) is 0.167. The van der Waals surface area contributed by atoms with Gasteiger partial charge in [0.1, 0.15) is 5.60 Å². The van der Waals surface area contributed by atoms with Crippen molar-refractivity contribution in [3.8, 4) is 0 Å². The van der Waals surface area contributed by atoms with Crippen LogP contribution < -0.4 is 0 Å². The first-order valence-electron chi connectivity index (χ1n) is 4.83. The summed E-state index contributed by atoms with van der Waals surface area (Å²) >= 11 is 14.5. The van der Waals surface area contributed by atoms with Gasteiger partial charge in [-0.15, -0.1) is 0 Å². The molecule has 1 unspecified atom stereocenters. The van der Waals surface area contributed by atoms with Crippen LogP contribution in [-0.4, -0.2) is 5.11 Å². The van der Waals surface area contributed by atoms with Gasteiger partial charge in [0.25, 0.3) is 0 Å². The molecule has 0 spiro atoms. The Labute approximate surface area is 126 Å². The zero-order chi connectivity index (χ0) is 12.6. The number of rotatable bonds is 2. The van der Waals surface area contributed by atoms with Gasteiger partial charge in [0.2, 0.25) is 0 Å².